The van der Waals surface area contributed by atoms with Crippen LogP contribution in [0, 0.1) is 12.7 Å². The van der Waals surface area contributed by atoms with Gasteiger partial charge in [0, 0.05) is 28.8 Å². The fraction of sp³-hybridized carbons (Fsp3) is 0.192. The average molecular weight is 464 g/mol. The van der Waals surface area contributed by atoms with Gasteiger partial charge in [0.25, 0.3) is 0 Å². The maximum atomic E-state index is 13.6. The molecule has 2 amide bonds. The van der Waals surface area contributed by atoms with Gasteiger partial charge in [-0.2, -0.15) is 0 Å². The summed E-state index contributed by atoms with van der Waals surface area (Å²) < 4.78 is 19.0. The van der Waals surface area contributed by atoms with Crippen LogP contribution in [0.5, 0.6) is 5.75 Å². The Morgan fingerprint density at radius 1 is 1.15 bits per heavy atom. The molecule has 1 aliphatic heterocycles. The van der Waals surface area contributed by atoms with E-state index in [1.807, 2.05) is 37.3 Å². The number of nitrogens with zero attached hydrogens (tertiary/aromatic N) is 1. The molecular weight excluding hydrogens is 441 g/mol. The molecule has 0 saturated carbocycles. The second-order valence-corrected chi connectivity index (χ2v) is 8.65. The first-order valence-corrected chi connectivity index (χ1v) is 11.1. The number of fused-ring (bicyclic) bond motifs is 3. The lowest BCUT2D eigenvalue weighted by Crippen LogP contribution is -2.43. The van der Waals surface area contributed by atoms with E-state index >= 15 is 0 Å². The van der Waals surface area contributed by atoms with Crippen molar-refractivity contribution in [1.82, 2.24) is 9.88 Å². The molecule has 4 aromatic rings. The van der Waals surface area contributed by atoms with E-state index < -0.39 is 5.82 Å². The van der Waals surface area contributed by atoms with Gasteiger partial charge in [0.05, 0.1) is 18.2 Å². The van der Waals surface area contributed by atoms with Gasteiger partial charge in [0.2, 0.25) is 0 Å². The van der Waals surface area contributed by atoms with Gasteiger partial charge < -0.3 is 19.9 Å². The monoisotopic (exact) mass is 463 g/mol. The van der Waals surface area contributed by atoms with E-state index in [2.05, 4.69) is 22.4 Å². The molecule has 3 aromatic carbocycles. The molecule has 2 N–H and O–H groups in total. The number of amides is 2. The number of rotatable bonds is 3. The lowest BCUT2D eigenvalue weighted by Gasteiger charge is -2.36. The quantitative estimate of drug-likeness (QED) is 0.366. The number of carbonyl (C=O) groups excluding carboxylic acids is 1. The van der Waals surface area contributed by atoms with Crippen molar-refractivity contribution in [2.45, 2.75) is 19.4 Å². The van der Waals surface area contributed by atoms with Gasteiger partial charge in [-0.25, -0.2) is 9.18 Å². The molecule has 1 aromatic heterocycles. The van der Waals surface area contributed by atoms with Crippen molar-refractivity contribution in [2.75, 3.05) is 19.0 Å². The lowest BCUT2D eigenvalue weighted by atomic mass is 9.92. The zero-order valence-corrected chi connectivity index (χ0v) is 19.0. The largest absolute Gasteiger partial charge is 0.497 e. The number of aromatic amines is 1. The first-order valence-electron chi connectivity index (χ1n) is 10.7. The van der Waals surface area contributed by atoms with E-state index in [1.165, 1.54) is 23.8 Å². The van der Waals surface area contributed by atoms with Crippen LogP contribution in [0.3, 0.4) is 0 Å². The predicted octanol–water partition coefficient (Wildman–Crippen LogP) is 6.46. The zero-order valence-electron chi connectivity index (χ0n) is 18.3. The molecule has 2 heterocycles. The highest BCUT2D eigenvalue weighted by Gasteiger charge is 2.34. The van der Waals surface area contributed by atoms with Crippen LogP contribution in [0.2, 0.25) is 5.02 Å². The van der Waals surface area contributed by atoms with Gasteiger partial charge in [-0.05, 0) is 60.9 Å². The smallest absolute Gasteiger partial charge is 0.322 e. The molecule has 168 valence electrons. The van der Waals surface area contributed by atoms with Gasteiger partial charge in [0.15, 0.2) is 0 Å². The van der Waals surface area contributed by atoms with Crippen LogP contribution in [0.15, 0.2) is 60.7 Å². The summed E-state index contributed by atoms with van der Waals surface area (Å²) in [6.07, 6.45) is 0.697. The third-order valence-corrected chi connectivity index (χ3v) is 6.45. The topological polar surface area (TPSA) is 57.4 Å². The summed E-state index contributed by atoms with van der Waals surface area (Å²) in [6.45, 7) is 2.56. The van der Waals surface area contributed by atoms with Gasteiger partial charge in [-0.3, -0.25) is 0 Å². The zero-order chi connectivity index (χ0) is 23.1. The van der Waals surface area contributed by atoms with E-state index in [-0.39, 0.29) is 17.1 Å². The molecule has 1 atom stereocenters. The van der Waals surface area contributed by atoms with Crippen molar-refractivity contribution in [1.29, 1.82) is 0 Å². The molecular formula is C26H23ClFN3O2. The number of anilines is 1. The summed E-state index contributed by atoms with van der Waals surface area (Å²) in [4.78, 5) is 18.7. The number of carbonyl (C=O) groups is 1. The van der Waals surface area contributed by atoms with Crippen LogP contribution in [-0.2, 0) is 6.42 Å². The third kappa shape index (κ3) is 3.91. The summed E-state index contributed by atoms with van der Waals surface area (Å²) >= 11 is 5.90. The minimum absolute atomic E-state index is 0.0339. The van der Waals surface area contributed by atoms with Crippen LogP contribution < -0.4 is 10.1 Å². The minimum Gasteiger partial charge on any atom is -0.497 e. The Morgan fingerprint density at radius 3 is 2.67 bits per heavy atom. The fourth-order valence-electron chi connectivity index (χ4n) is 4.48. The molecule has 7 heteroatoms. The van der Waals surface area contributed by atoms with E-state index in [4.69, 9.17) is 16.3 Å². The van der Waals surface area contributed by atoms with Gasteiger partial charge in [-0.1, -0.05) is 41.4 Å². The van der Waals surface area contributed by atoms with Gasteiger partial charge in [-0.15, -0.1) is 0 Å². The average Bonchev–Trinajstić information content (AvgIpc) is 3.19. The van der Waals surface area contributed by atoms with Crippen molar-refractivity contribution < 1.29 is 13.9 Å². The number of nitrogens with one attached hydrogen (secondary N) is 2. The predicted molar refractivity (Wildman–Crippen MR) is 129 cm³/mol. The Kier molecular flexibility index (Phi) is 5.46. The molecule has 5 rings (SSSR count). The SMILES string of the molecule is COc1ccc2[nH]c3c(c2c1)CCN(C(=O)Nc1ccc(F)c(Cl)c1)[C@@H]3c1ccc(C)cc1. The van der Waals surface area contributed by atoms with Crippen LogP contribution in [0.25, 0.3) is 10.9 Å². The normalized spacial score (nSPS) is 15.4. The third-order valence-electron chi connectivity index (χ3n) is 6.16. The van der Waals surface area contributed by atoms with Crippen molar-refractivity contribution in [3.63, 3.8) is 0 Å². The molecule has 0 aliphatic carbocycles. The summed E-state index contributed by atoms with van der Waals surface area (Å²) in [5, 5.41) is 3.95. The Hall–Kier alpha value is -3.51. The molecule has 0 bridgehead atoms. The lowest BCUT2D eigenvalue weighted by molar-refractivity contribution is 0.193. The molecule has 5 nitrogen and oxygen atoms in total. The number of aromatic nitrogens is 1. The Balaban J connectivity index is 1.57. The molecule has 0 spiro atoms. The number of aryl methyl sites for hydroxylation is 1. The second kappa shape index (κ2) is 8.45. The molecule has 0 radical (unpaired) electrons. The highest BCUT2D eigenvalue weighted by atomic mass is 35.5. The first kappa shape index (κ1) is 21.3. The number of H-pyrrole nitrogens is 1. The summed E-state index contributed by atoms with van der Waals surface area (Å²) in [5.41, 5.74) is 5.77. The standard InChI is InChI=1S/C26H23ClFN3O2/c1-15-3-5-16(6-4-15)25-24-19(20-14-18(33-2)8-10-23(20)30-24)11-12-31(25)26(32)29-17-7-9-22(28)21(27)13-17/h3-10,13-14,25,30H,11-12H2,1-2H3,(H,29,32)/t25-/m1/s1. The van der Waals surface area contributed by atoms with Crippen molar-refractivity contribution >= 4 is 34.2 Å². The Labute approximate surface area is 196 Å². The van der Waals surface area contributed by atoms with Crippen molar-refractivity contribution in [3.05, 3.63) is 93.9 Å². The van der Waals surface area contributed by atoms with E-state index in [1.54, 1.807) is 12.0 Å². The fourth-order valence-corrected chi connectivity index (χ4v) is 4.66. The van der Waals surface area contributed by atoms with Crippen LogP contribution in [0.4, 0.5) is 14.9 Å². The number of ether oxygens (including phenoxy) is 1. The summed E-state index contributed by atoms with van der Waals surface area (Å²) in [6, 6.07) is 17.8. The molecule has 0 unspecified atom stereocenters. The van der Waals surface area contributed by atoms with Crippen molar-refractivity contribution in [3.8, 4) is 5.75 Å². The van der Waals surface area contributed by atoms with Crippen LogP contribution in [0.1, 0.15) is 28.4 Å². The molecule has 0 saturated heterocycles. The molecule has 0 fully saturated rings. The number of hydrogen-bond acceptors (Lipinski definition) is 2. The number of urea groups is 1. The van der Waals surface area contributed by atoms with Crippen molar-refractivity contribution in [2.24, 2.45) is 0 Å². The minimum atomic E-state index is -0.525. The highest BCUT2D eigenvalue weighted by Crippen LogP contribution is 2.39. The van der Waals surface area contributed by atoms with Gasteiger partial charge >= 0.3 is 6.03 Å². The first-order chi connectivity index (χ1) is 15.9. The Bertz CT molecular complexity index is 1350. The second-order valence-electron chi connectivity index (χ2n) is 8.24. The maximum absolute atomic E-state index is 13.6. The van der Waals surface area contributed by atoms with E-state index in [0.29, 0.717) is 18.7 Å². The Morgan fingerprint density at radius 2 is 1.94 bits per heavy atom. The number of methoxy groups -OCH3 is 1. The number of halogens is 2. The highest BCUT2D eigenvalue weighted by molar-refractivity contribution is 6.31. The summed E-state index contributed by atoms with van der Waals surface area (Å²) in [7, 11) is 1.66. The number of hydrogen-bond donors (Lipinski definition) is 2. The van der Waals surface area contributed by atoms with Gasteiger partial charge in [0.1, 0.15) is 11.6 Å². The molecule has 1 aliphatic rings. The van der Waals surface area contributed by atoms with Crippen LogP contribution >= 0.6 is 11.6 Å². The van der Waals surface area contributed by atoms with E-state index in [9.17, 15) is 9.18 Å². The van der Waals surface area contributed by atoms with E-state index in [0.717, 1.165) is 33.5 Å². The van der Waals surface area contributed by atoms with Crippen LogP contribution in [-0.4, -0.2) is 29.6 Å². The number of benzene rings is 3. The molecule has 33 heavy (non-hydrogen) atoms. The summed E-state index contributed by atoms with van der Waals surface area (Å²) in [5.74, 6) is 0.271. The maximum Gasteiger partial charge on any atom is 0.322 e.